The number of benzene rings is 2. The molecule has 138 valence electrons. The topological polar surface area (TPSA) is 48.0 Å². The summed E-state index contributed by atoms with van der Waals surface area (Å²) < 4.78 is 18.0. The van der Waals surface area contributed by atoms with Crippen molar-refractivity contribution < 1.29 is 4.39 Å². The van der Waals surface area contributed by atoms with Crippen LogP contribution >= 0.6 is 15.9 Å². The molecule has 0 saturated carbocycles. The molecule has 0 aliphatic heterocycles. The van der Waals surface area contributed by atoms with Crippen molar-refractivity contribution in [3.8, 4) is 17.1 Å². The van der Waals surface area contributed by atoms with E-state index in [2.05, 4.69) is 26.0 Å². The highest BCUT2D eigenvalue weighted by molar-refractivity contribution is 9.10. The fourth-order valence-electron chi connectivity index (χ4n) is 3.52. The molecule has 5 nitrogen and oxygen atoms in total. The molecule has 5 aromatic rings. The van der Waals surface area contributed by atoms with Crippen molar-refractivity contribution >= 4 is 32.6 Å². The van der Waals surface area contributed by atoms with E-state index < -0.39 is 0 Å². The Kier molecular flexibility index (Phi) is 3.80. The van der Waals surface area contributed by atoms with Crippen LogP contribution in [0.1, 0.15) is 11.3 Å². The average Bonchev–Trinajstić information content (AvgIpc) is 3.23. The first-order chi connectivity index (χ1) is 13.5. The van der Waals surface area contributed by atoms with Crippen LogP contribution in [-0.2, 0) is 0 Å². The molecule has 2 aromatic carbocycles. The molecule has 28 heavy (non-hydrogen) atoms. The Morgan fingerprint density at radius 1 is 0.964 bits per heavy atom. The van der Waals surface area contributed by atoms with Crippen LogP contribution in [0.4, 0.5) is 4.39 Å². The van der Waals surface area contributed by atoms with Gasteiger partial charge in [0.05, 0.1) is 5.39 Å². The van der Waals surface area contributed by atoms with E-state index in [-0.39, 0.29) is 5.82 Å². The summed E-state index contributed by atoms with van der Waals surface area (Å²) in [4.78, 5) is 9.44. The van der Waals surface area contributed by atoms with E-state index in [9.17, 15) is 4.39 Å². The average molecular weight is 436 g/mol. The molecule has 0 amide bonds. The van der Waals surface area contributed by atoms with Gasteiger partial charge in [-0.05, 0) is 55.8 Å². The van der Waals surface area contributed by atoms with E-state index in [1.165, 1.54) is 12.1 Å². The van der Waals surface area contributed by atoms with E-state index in [4.69, 9.17) is 4.98 Å². The molecule has 0 N–H and O–H groups in total. The molecule has 0 atom stereocenters. The number of aromatic nitrogens is 5. The minimum absolute atomic E-state index is 0.263. The minimum Gasteiger partial charge on any atom is -0.298 e. The molecular weight excluding hydrogens is 421 g/mol. The van der Waals surface area contributed by atoms with Gasteiger partial charge in [0.2, 0.25) is 0 Å². The maximum Gasteiger partial charge on any atom is 0.183 e. The number of aryl methyl sites for hydroxylation is 1. The smallest absolute Gasteiger partial charge is 0.183 e. The van der Waals surface area contributed by atoms with Crippen LogP contribution in [0.15, 0.2) is 59.3 Å². The first kappa shape index (κ1) is 17.1. The van der Waals surface area contributed by atoms with Crippen LogP contribution in [-0.4, -0.2) is 24.1 Å². The van der Waals surface area contributed by atoms with Crippen LogP contribution in [0.25, 0.3) is 33.8 Å². The zero-order chi connectivity index (χ0) is 19.4. The largest absolute Gasteiger partial charge is 0.298 e. The number of nitrogens with zero attached hydrogens (tertiary/aromatic N) is 5. The molecule has 0 saturated heterocycles. The summed E-state index contributed by atoms with van der Waals surface area (Å²) in [6.07, 6.45) is 1.67. The molecule has 0 aliphatic rings. The lowest BCUT2D eigenvalue weighted by molar-refractivity contribution is 0.627. The predicted molar refractivity (Wildman–Crippen MR) is 110 cm³/mol. The van der Waals surface area contributed by atoms with Gasteiger partial charge in [0, 0.05) is 21.4 Å². The normalized spacial score (nSPS) is 11.6. The molecule has 0 spiro atoms. The Bertz CT molecular complexity index is 1350. The second kappa shape index (κ2) is 6.24. The summed E-state index contributed by atoms with van der Waals surface area (Å²) in [6.45, 7) is 4.08. The Labute approximate surface area is 168 Å². The van der Waals surface area contributed by atoms with Crippen LogP contribution in [0, 0.1) is 19.7 Å². The zero-order valence-electron chi connectivity index (χ0n) is 15.2. The van der Waals surface area contributed by atoms with Crippen molar-refractivity contribution in [2.24, 2.45) is 0 Å². The van der Waals surface area contributed by atoms with Gasteiger partial charge in [-0.25, -0.2) is 18.9 Å². The van der Waals surface area contributed by atoms with Gasteiger partial charge in [0.15, 0.2) is 17.1 Å². The summed E-state index contributed by atoms with van der Waals surface area (Å²) in [7, 11) is 0. The Morgan fingerprint density at radius 2 is 1.71 bits per heavy atom. The molecular formula is C21H15BrFN5. The molecule has 0 aliphatic carbocycles. The van der Waals surface area contributed by atoms with E-state index in [0.717, 1.165) is 43.7 Å². The van der Waals surface area contributed by atoms with Crippen molar-refractivity contribution in [3.05, 3.63) is 76.4 Å². The van der Waals surface area contributed by atoms with Gasteiger partial charge >= 0.3 is 0 Å². The highest BCUT2D eigenvalue weighted by Gasteiger charge is 2.19. The molecule has 0 unspecified atom stereocenters. The van der Waals surface area contributed by atoms with Crippen LogP contribution in [0.2, 0.25) is 0 Å². The molecule has 3 aromatic heterocycles. The lowest BCUT2D eigenvalue weighted by Gasteiger charge is -2.07. The fourth-order valence-corrected chi connectivity index (χ4v) is 3.99. The second-order valence-corrected chi connectivity index (χ2v) is 7.50. The van der Waals surface area contributed by atoms with Gasteiger partial charge in [0.1, 0.15) is 12.1 Å². The second-order valence-electron chi connectivity index (χ2n) is 6.65. The zero-order valence-corrected chi connectivity index (χ0v) is 16.8. The third kappa shape index (κ3) is 2.46. The predicted octanol–water partition coefficient (Wildman–Crippen LogP) is 5.25. The molecule has 0 fully saturated rings. The van der Waals surface area contributed by atoms with Crippen molar-refractivity contribution in [1.29, 1.82) is 0 Å². The van der Waals surface area contributed by atoms with Gasteiger partial charge < -0.3 is 0 Å². The van der Waals surface area contributed by atoms with Gasteiger partial charge in [-0.15, -0.1) is 5.10 Å². The van der Waals surface area contributed by atoms with E-state index in [1.54, 1.807) is 23.0 Å². The molecule has 7 heteroatoms. The molecule has 0 bridgehead atoms. The summed E-state index contributed by atoms with van der Waals surface area (Å²) >= 11 is 3.57. The van der Waals surface area contributed by atoms with E-state index >= 15 is 0 Å². The Morgan fingerprint density at radius 3 is 2.46 bits per heavy atom. The van der Waals surface area contributed by atoms with Crippen molar-refractivity contribution in [2.45, 2.75) is 13.8 Å². The van der Waals surface area contributed by atoms with E-state index in [1.807, 2.05) is 42.7 Å². The maximum atomic E-state index is 13.4. The Balaban J connectivity index is 1.80. The number of fused-ring (bicyclic) bond motifs is 3. The summed E-state index contributed by atoms with van der Waals surface area (Å²) in [5.74, 6) is 0.369. The van der Waals surface area contributed by atoms with Crippen molar-refractivity contribution in [2.75, 3.05) is 0 Å². The third-order valence-electron chi connectivity index (χ3n) is 5.03. The van der Waals surface area contributed by atoms with Crippen molar-refractivity contribution in [3.63, 3.8) is 0 Å². The standard InChI is InChI=1S/C21H15BrFN5/c1-12-13(2)28(15-9-7-14(23)8-10-15)20-18(12)21-25-19(26-27(21)11-24-20)16-5-3-4-6-17(16)22/h3-11H,1-2H3. The molecule has 0 radical (unpaired) electrons. The lowest BCUT2D eigenvalue weighted by atomic mass is 10.2. The lowest BCUT2D eigenvalue weighted by Crippen LogP contribution is -1.99. The van der Waals surface area contributed by atoms with Gasteiger partial charge in [0.25, 0.3) is 0 Å². The molecule has 3 heterocycles. The summed E-state index contributed by atoms with van der Waals surface area (Å²) in [5, 5.41) is 5.55. The van der Waals surface area contributed by atoms with E-state index in [0.29, 0.717) is 5.82 Å². The maximum absolute atomic E-state index is 13.4. The highest BCUT2D eigenvalue weighted by Crippen LogP contribution is 2.32. The number of rotatable bonds is 2. The van der Waals surface area contributed by atoms with Gasteiger partial charge in [-0.2, -0.15) is 0 Å². The van der Waals surface area contributed by atoms with Gasteiger partial charge in [-0.3, -0.25) is 4.57 Å². The number of hydrogen-bond donors (Lipinski definition) is 0. The number of hydrogen-bond acceptors (Lipinski definition) is 3. The van der Waals surface area contributed by atoms with Crippen LogP contribution in [0.3, 0.4) is 0 Å². The number of halogens is 2. The van der Waals surface area contributed by atoms with Crippen LogP contribution < -0.4 is 0 Å². The summed E-state index contributed by atoms with van der Waals surface area (Å²) in [6, 6.07) is 14.3. The first-order valence-corrected chi connectivity index (χ1v) is 9.57. The first-order valence-electron chi connectivity index (χ1n) is 8.78. The summed E-state index contributed by atoms with van der Waals surface area (Å²) in [5.41, 5.74) is 5.42. The quantitative estimate of drug-likeness (QED) is 0.380. The third-order valence-corrected chi connectivity index (χ3v) is 5.72. The SMILES string of the molecule is Cc1c(C)n(-c2ccc(F)cc2)c2ncn3nc(-c4ccccc4Br)nc3c12. The van der Waals surface area contributed by atoms with Crippen molar-refractivity contribution in [1.82, 2.24) is 24.1 Å². The molecule has 5 rings (SSSR count). The Hall–Kier alpha value is -3.06. The van der Waals surface area contributed by atoms with Gasteiger partial charge in [-0.1, -0.05) is 28.1 Å². The van der Waals surface area contributed by atoms with Crippen LogP contribution in [0.5, 0.6) is 0 Å². The minimum atomic E-state index is -0.263. The monoisotopic (exact) mass is 435 g/mol. The fraction of sp³-hybridized carbons (Fsp3) is 0.0952. The highest BCUT2D eigenvalue weighted by atomic mass is 79.9.